The van der Waals surface area contributed by atoms with E-state index in [9.17, 15) is 4.79 Å². The summed E-state index contributed by atoms with van der Waals surface area (Å²) in [6.45, 7) is 5.74. The van der Waals surface area contributed by atoms with E-state index < -0.39 is 0 Å². The number of rotatable bonds is 6. The predicted molar refractivity (Wildman–Crippen MR) is 113 cm³/mol. The summed E-state index contributed by atoms with van der Waals surface area (Å²) in [5.74, 6) is 0.492. The van der Waals surface area contributed by atoms with Crippen LogP contribution in [0.5, 0.6) is 5.88 Å². The Bertz CT molecular complexity index is 1020. The summed E-state index contributed by atoms with van der Waals surface area (Å²) in [6, 6.07) is 11.2. The molecule has 28 heavy (non-hydrogen) atoms. The van der Waals surface area contributed by atoms with Crippen LogP contribution in [0.3, 0.4) is 0 Å². The summed E-state index contributed by atoms with van der Waals surface area (Å²) >= 11 is 12.6. The minimum atomic E-state index is -0.0785. The van der Waals surface area contributed by atoms with E-state index in [0.717, 1.165) is 27.9 Å². The zero-order valence-electron chi connectivity index (χ0n) is 16.3. The number of carbonyl (C=O) groups is 1. The van der Waals surface area contributed by atoms with Gasteiger partial charge in [0.25, 0.3) is 0 Å². The lowest BCUT2D eigenvalue weighted by atomic mass is 10.0. The molecule has 1 heterocycles. The SMILES string of the molecule is Cc1ccc(C(=O)COc2c(Cc3ccc(Cl)c(C)c3Cl)c(C)nn2C)cc1. The van der Waals surface area contributed by atoms with Crippen molar-refractivity contribution in [2.75, 3.05) is 6.61 Å². The quantitative estimate of drug-likeness (QED) is 0.497. The van der Waals surface area contributed by atoms with Crippen LogP contribution in [0.1, 0.15) is 38.3 Å². The molecule has 0 saturated carbocycles. The van der Waals surface area contributed by atoms with Crippen molar-refractivity contribution in [3.05, 3.63) is 80.0 Å². The van der Waals surface area contributed by atoms with E-state index >= 15 is 0 Å². The molecule has 0 atom stereocenters. The maximum absolute atomic E-state index is 12.5. The molecular formula is C22H22Cl2N2O2. The average molecular weight is 417 g/mol. The summed E-state index contributed by atoms with van der Waals surface area (Å²) in [5.41, 5.74) is 5.26. The van der Waals surface area contributed by atoms with E-state index in [-0.39, 0.29) is 12.4 Å². The number of halogens is 2. The van der Waals surface area contributed by atoms with Gasteiger partial charge in [0.05, 0.1) is 5.69 Å². The summed E-state index contributed by atoms with van der Waals surface area (Å²) in [7, 11) is 1.80. The van der Waals surface area contributed by atoms with Crippen molar-refractivity contribution >= 4 is 29.0 Å². The molecule has 3 rings (SSSR count). The normalized spacial score (nSPS) is 10.9. The van der Waals surface area contributed by atoms with Crippen LogP contribution in [0.2, 0.25) is 10.0 Å². The smallest absolute Gasteiger partial charge is 0.215 e. The Labute approximate surface area is 175 Å². The molecule has 0 amide bonds. The zero-order valence-corrected chi connectivity index (χ0v) is 17.9. The van der Waals surface area contributed by atoms with E-state index in [1.165, 1.54) is 0 Å². The first-order valence-electron chi connectivity index (χ1n) is 8.96. The van der Waals surface area contributed by atoms with Gasteiger partial charge in [0.2, 0.25) is 5.88 Å². The molecule has 0 aliphatic carbocycles. The van der Waals surface area contributed by atoms with E-state index in [2.05, 4.69) is 5.10 Å². The third-order valence-corrected chi connectivity index (χ3v) is 5.71. The van der Waals surface area contributed by atoms with Crippen molar-refractivity contribution in [3.8, 4) is 5.88 Å². The fraction of sp³-hybridized carbons (Fsp3) is 0.273. The van der Waals surface area contributed by atoms with Crippen LogP contribution in [0, 0.1) is 20.8 Å². The summed E-state index contributed by atoms with van der Waals surface area (Å²) < 4.78 is 7.54. The van der Waals surface area contributed by atoms with Gasteiger partial charge in [0.1, 0.15) is 0 Å². The second-order valence-electron chi connectivity index (χ2n) is 6.89. The van der Waals surface area contributed by atoms with Gasteiger partial charge in [-0.15, -0.1) is 0 Å². The van der Waals surface area contributed by atoms with Gasteiger partial charge in [-0.2, -0.15) is 5.10 Å². The second kappa shape index (κ2) is 8.38. The number of Topliss-reactive ketones (excluding diaryl/α,β-unsaturated/α-hetero) is 1. The van der Waals surface area contributed by atoms with Gasteiger partial charge in [-0.25, -0.2) is 4.68 Å². The number of benzene rings is 2. The fourth-order valence-electron chi connectivity index (χ4n) is 3.07. The van der Waals surface area contributed by atoms with Gasteiger partial charge in [0, 0.05) is 34.6 Å². The van der Waals surface area contributed by atoms with Gasteiger partial charge in [-0.1, -0.05) is 59.1 Å². The molecular weight excluding hydrogens is 395 g/mol. The molecule has 0 aliphatic heterocycles. The van der Waals surface area contributed by atoms with Gasteiger partial charge < -0.3 is 4.74 Å². The molecule has 6 heteroatoms. The number of hydrogen-bond acceptors (Lipinski definition) is 3. The van der Waals surface area contributed by atoms with E-state index in [0.29, 0.717) is 27.9 Å². The lowest BCUT2D eigenvalue weighted by Gasteiger charge is -2.11. The number of hydrogen-bond donors (Lipinski definition) is 0. The number of aryl methyl sites for hydroxylation is 3. The highest BCUT2D eigenvalue weighted by atomic mass is 35.5. The average Bonchev–Trinajstić information content (AvgIpc) is 2.93. The molecule has 0 unspecified atom stereocenters. The van der Waals surface area contributed by atoms with Gasteiger partial charge in [0.15, 0.2) is 12.4 Å². The van der Waals surface area contributed by atoms with Gasteiger partial charge in [-0.3, -0.25) is 4.79 Å². The Kier molecular flexibility index (Phi) is 6.11. The standard InChI is InChI=1S/C22H22Cl2N2O2/c1-13-5-7-16(8-6-13)20(27)12-28-22-18(15(3)25-26(22)4)11-17-9-10-19(23)14(2)21(17)24/h5-10H,11-12H2,1-4H3. The third kappa shape index (κ3) is 4.23. The molecule has 2 aromatic carbocycles. The molecule has 0 saturated heterocycles. The molecule has 0 fully saturated rings. The van der Waals surface area contributed by atoms with Gasteiger partial charge >= 0.3 is 0 Å². The highest BCUT2D eigenvalue weighted by molar-refractivity contribution is 6.36. The lowest BCUT2D eigenvalue weighted by molar-refractivity contribution is 0.0914. The first-order valence-corrected chi connectivity index (χ1v) is 9.72. The highest BCUT2D eigenvalue weighted by Gasteiger charge is 2.19. The molecule has 0 spiro atoms. The molecule has 1 aromatic heterocycles. The topological polar surface area (TPSA) is 44.1 Å². The van der Waals surface area contributed by atoms with Crippen molar-refractivity contribution < 1.29 is 9.53 Å². The molecule has 4 nitrogen and oxygen atoms in total. The van der Waals surface area contributed by atoms with Crippen LogP contribution in [-0.4, -0.2) is 22.2 Å². The second-order valence-corrected chi connectivity index (χ2v) is 7.68. The van der Waals surface area contributed by atoms with Crippen molar-refractivity contribution in [2.45, 2.75) is 27.2 Å². The number of ketones is 1. The minimum absolute atomic E-state index is 0.0532. The van der Waals surface area contributed by atoms with Crippen molar-refractivity contribution in [1.82, 2.24) is 9.78 Å². The van der Waals surface area contributed by atoms with Crippen LogP contribution >= 0.6 is 23.2 Å². The number of carbonyl (C=O) groups excluding carboxylic acids is 1. The van der Waals surface area contributed by atoms with E-state index in [1.54, 1.807) is 11.7 Å². The number of ether oxygens (including phenoxy) is 1. The summed E-state index contributed by atoms with van der Waals surface area (Å²) in [5, 5.41) is 5.72. The Morgan fingerprint density at radius 3 is 2.43 bits per heavy atom. The molecule has 0 N–H and O–H groups in total. The third-order valence-electron chi connectivity index (χ3n) is 4.77. The molecule has 146 valence electrons. The Morgan fingerprint density at radius 1 is 1.07 bits per heavy atom. The largest absolute Gasteiger partial charge is 0.469 e. The Hall–Kier alpha value is -2.30. The van der Waals surface area contributed by atoms with Crippen molar-refractivity contribution in [3.63, 3.8) is 0 Å². The minimum Gasteiger partial charge on any atom is -0.469 e. The maximum Gasteiger partial charge on any atom is 0.215 e. The lowest BCUT2D eigenvalue weighted by Crippen LogP contribution is -2.14. The Balaban J connectivity index is 1.82. The zero-order chi connectivity index (χ0) is 20.4. The van der Waals surface area contributed by atoms with Crippen LogP contribution < -0.4 is 4.74 Å². The number of aromatic nitrogens is 2. The van der Waals surface area contributed by atoms with Crippen molar-refractivity contribution in [2.24, 2.45) is 7.05 Å². The van der Waals surface area contributed by atoms with E-state index in [4.69, 9.17) is 27.9 Å². The number of nitrogens with zero attached hydrogens (tertiary/aromatic N) is 2. The molecule has 3 aromatic rings. The monoisotopic (exact) mass is 416 g/mol. The predicted octanol–water partition coefficient (Wildman–Crippen LogP) is 5.50. The van der Waals surface area contributed by atoms with Crippen LogP contribution in [-0.2, 0) is 13.5 Å². The molecule has 0 bridgehead atoms. The first kappa shape index (κ1) is 20.4. The van der Waals surface area contributed by atoms with Crippen LogP contribution in [0.25, 0.3) is 0 Å². The van der Waals surface area contributed by atoms with Crippen molar-refractivity contribution in [1.29, 1.82) is 0 Å². The highest BCUT2D eigenvalue weighted by Crippen LogP contribution is 2.32. The van der Waals surface area contributed by atoms with Crippen LogP contribution in [0.4, 0.5) is 0 Å². The summed E-state index contributed by atoms with van der Waals surface area (Å²) in [6.07, 6.45) is 0.546. The molecule has 0 aliphatic rings. The maximum atomic E-state index is 12.5. The Morgan fingerprint density at radius 2 is 1.75 bits per heavy atom. The fourth-order valence-corrected chi connectivity index (χ4v) is 3.50. The molecule has 0 radical (unpaired) electrons. The van der Waals surface area contributed by atoms with Crippen LogP contribution in [0.15, 0.2) is 36.4 Å². The van der Waals surface area contributed by atoms with E-state index in [1.807, 2.05) is 57.2 Å². The summed E-state index contributed by atoms with van der Waals surface area (Å²) in [4.78, 5) is 12.5. The first-order chi connectivity index (χ1) is 13.3. The van der Waals surface area contributed by atoms with Gasteiger partial charge in [-0.05, 0) is 38.0 Å².